The normalized spacial score (nSPS) is 20.7. The lowest BCUT2D eigenvalue weighted by Gasteiger charge is -2.25. The third-order valence-corrected chi connectivity index (χ3v) is 5.09. The lowest BCUT2D eigenvalue weighted by molar-refractivity contribution is 0.325. The van der Waals surface area contributed by atoms with Gasteiger partial charge in [-0.05, 0) is 37.0 Å². The fourth-order valence-electron chi connectivity index (χ4n) is 3.50. The molecule has 25 heavy (non-hydrogen) atoms. The predicted octanol–water partition coefficient (Wildman–Crippen LogP) is 4.41. The Balaban J connectivity index is 1.93. The molecular weight excluding hydrogens is 322 g/mol. The van der Waals surface area contributed by atoms with Gasteiger partial charge in [-0.15, -0.1) is 0 Å². The average molecular weight is 348 g/mol. The molecule has 0 atom stereocenters. The first-order valence-corrected chi connectivity index (χ1v) is 8.97. The van der Waals surface area contributed by atoms with Crippen LogP contribution in [0.15, 0.2) is 18.2 Å². The van der Waals surface area contributed by atoms with Crippen LogP contribution in [0.1, 0.15) is 44.3 Å². The van der Waals surface area contributed by atoms with Gasteiger partial charge in [-0.1, -0.05) is 19.8 Å². The van der Waals surface area contributed by atoms with Gasteiger partial charge in [0.15, 0.2) is 5.82 Å². The van der Waals surface area contributed by atoms with Gasteiger partial charge in [-0.3, -0.25) is 0 Å². The van der Waals surface area contributed by atoms with E-state index in [1.165, 1.54) is 6.07 Å². The van der Waals surface area contributed by atoms with Crippen LogP contribution in [0.2, 0.25) is 0 Å². The molecule has 0 bridgehead atoms. The van der Waals surface area contributed by atoms with Gasteiger partial charge in [0, 0.05) is 25.7 Å². The van der Waals surface area contributed by atoms with Crippen molar-refractivity contribution in [2.75, 3.05) is 25.7 Å². The lowest BCUT2D eigenvalue weighted by atomic mass is 9.82. The molecule has 0 radical (unpaired) electrons. The number of hydrogen-bond donors (Lipinski definition) is 0. The minimum atomic E-state index is -0.499. The molecule has 0 unspecified atom stereocenters. The maximum atomic E-state index is 14.5. The first kappa shape index (κ1) is 17.8. The van der Waals surface area contributed by atoms with Gasteiger partial charge in [0.05, 0.1) is 12.1 Å². The number of benzene rings is 1. The largest absolute Gasteiger partial charge is 0.378 e. The minimum Gasteiger partial charge on any atom is -0.378 e. The van der Waals surface area contributed by atoms with E-state index >= 15 is 0 Å². The monoisotopic (exact) mass is 348 g/mol. The molecule has 1 saturated carbocycles. The molecule has 1 fully saturated rings. The summed E-state index contributed by atoms with van der Waals surface area (Å²) in [6.07, 6.45) is 4.37. The highest BCUT2D eigenvalue weighted by molar-refractivity contribution is 5.61. The van der Waals surface area contributed by atoms with E-state index in [1.54, 1.807) is 10.7 Å². The number of aromatic nitrogens is 3. The molecule has 6 heteroatoms. The number of alkyl halides is 1. The van der Waals surface area contributed by atoms with E-state index in [2.05, 4.69) is 17.0 Å². The van der Waals surface area contributed by atoms with E-state index < -0.39 is 6.67 Å². The molecule has 1 aromatic carbocycles. The molecule has 3 rings (SSSR count). The Kier molecular flexibility index (Phi) is 5.35. The van der Waals surface area contributed by atoms with Crippen LogP contribution in [0.5, 0.6) is 0 Å². The summed E-state index contributed by atoms with van der Waals surface area (Å²) in [5.41, 5.74) is 1.15. The number of rotatable bonds is 5. The number of anilines is 1. The summed E-state index contributed by atoms with van der Waals surface area (Å²) in [5.74, 6) is 1.81. The summed E-state index contributed by atoms with van der Waals surface area (Å²) in [7, 11) is 3.73. The van der Waals surface area contributed by atoms with Gasteiger partial charge in [0.2, 0.25) is 0 Å². The van der Waals surface area contributed by atoms with E-state index in [9.17, 15) is 8.78 Å². The maximum Gasteiger partial charge on any atom is 0.184 e. The molecule has 4 nitrogen and oxygen atoms in total. The van der Waals surface area contributed by atoms with Gasteiger partial charge in [0.1, 0.15) is 18.3 Å². The van der Waals surface area contributed by atoms with Crippen molar-refractivity contribution in [2.45, 2.75) is 45.1 Å². The molecule has 0 aliphatic heterocycles. The summed E-state index contributed by atoms with van der Waals surface area (Å²) in [6.45, 7) is 1.93. The van der Waals surface area contributed by atoms with Crippen LogP contribution in [0.4, 0.5) is 14.5 Å². The second-order valence-electron chi connectivity index (χ2n) is 7.22. The van der Waals surface area contributed by atoms with Gasteiger partial charge < -0.3 is 4.90 Å². The Morgan fingerprint density at radius 2 is 1.92 bits per heavy atom. The number of halogens is 2. The van der Waals surface area contributed by atoms with Crippen LogP contribution >= 0.6 is 0 Å². The van der Waals surface area contributed by atoms with Crippen molar-refractivity contribution in [3.8, 4) is 11.4 Å². The molecule has 0 N–H and O–H groups in total. The minimum absolute atomic E-state index is 0.172. The van der Waals surface area contributed by atoms with Gasteiger partial charge in [-0.2, -0.15) is 5.10 Å². The number of aryl methyl sites for hydroxylation is 1. The molecule has 0 amide bonds. The molecule has 1 aromatic heterocycles. The average Bonchev–Trinajstić information content (AvgIpc) is 2.99. The van der Waals surface area contributed by atoms with Gasteiger partial charge in [0.25, 0.3) is 0 Å². The zero-order valence-electron chi connectivity index (χ0n) is 15.2. The smallest absolute Gasteiger partial charge is 0.184 e. The maximum absolute atomic E-state index is 14.5. The molecule has 136 valence electrons. The topological polar surface area (TPSA) is 34.0 Å². The van der Waals surface area contributed by atoms with Crippen LogP contribution in [0, 0.1) is 11.7 Å². The van der Waals surface area contributed by atoms with Crippen LogP contribution in [-0.2, 0) is 6.54 Å². The van der Waals surface area contributed by atoms with Crippen molar-refractivity contribution in [3.63, 3.8) is 0 Å². The lowest BCUT2D eigenvalue weighted by Crippen LogP contribution is -2.16. The Morgan fingerprint density at radius 3 is 2.52 bits per heavy atom. The van der Waals surface area contributed by atoms with E-state index in [-0.39, 0.29) is 18.3 Å². The summed E-state index contributed by atoms with van der Waals surface area (Å²) in [4.78, 5) is 6.46. The van der Waals surface area contributed by atoms with Crippen molar-refractivity contribution in [1.82, 2.24) is 14.8 Å². The van der Waals surface area contributed by atoms with Crippen molar-refractivity contribution in [3.05, 3.63) is 29.8 Å². The van der Waals surface area contributed by atoms with Crippen LogP contribution < -0.4 is 4.90 Å². The molecule has 0 saturated heterocycles. The molecule has 1 aliphatic carbocycles. The molecule has 0 spiro atoms. The van der Waals surface area contributed by atoms with Crippen molar-refractivity contribution < 1.29 is 8.78 Å². The third kappa shape index (κ3) is 3.83. The van der Waals surface area contributed by atoms with Gasteiger partial charge in [-0.25, -0.2) is 18.4 Å². The molecule has 1 heterocycles. The van der Waals surface area contributed by atoms with E-state index in [0.29, 0.717) is 11.4 Å². The Morgan fingerprint density at radius 1 is 1.20 bits per heavy atom. The molecule has 1 aliphatic rings. The Labute approximate surface area is 147 Å². The quantitative estimate of drug-likeness (QED) is 0.802. The molecule has 2 aromatic rings. The van der Waals surface area contributed by atoms with E-state index in [4.69, 9.17) is 0 Å². The standard InChI is InChI=1S/C19H26F2N4/c1-13-4-6-14(7-5-13)19-22-18(23-25(19)11-10-20)16-9-8-15(24(2)3)12-17(16)21/h8-9,12-14H,4-7,10-11H2,1-3H3. The molecular formula is C19H26F2N4. The number of hydrogen-bond acceptors (Lipinski definition) is 3. The summed E-state index contributed by atoms with van der Waals surface area (Å²) < 4.78 is 29.1. The SMILES string of the molecule is CC1CCC(c2nc(-c3ccc(N(C)C)cc3F)nn2CCF)CC1. The Hall–Kier alpha value is -1.98. The fourth-order valence-corrected chi connectivity index (χ4v) is 3.50. The second-order valence-corrected chi connectivity index (χ2v) is 7.22. The van der Waals surface area contributed by atoms with Gasteiger partial charge >= 0.3 is 0 Å². The van der Waals surface area contributed by atoms with Crippen LogP contribution in [0.3, 0.4) is 0 Å². The summed E-state index contributed by atoms with van der Waals surface area (Å²) >= 11 is 0. The Bertz CT molecular complexity index is 718. The van der Waals surface area contributed by atoms with E-state index in [1.807, 2.05) is 25.1 Å². The van der Waals surface area contributed by atoms with Crippen LogP contribution in [0.25, 0.3) is 11.4 Å². The summed E-state index contributed by atoms with van der Waals surface area (Å²) in [6, 6.07) is 5.02. The highest BCUT2D eigenvalue weighted by Crippen LogP contribution is 2.35. The second kappa shape index (κ2) is 7.50. The first-order valence-electron chi connectivity index (χ1n) is 8.97. The van der Waals surface area contributed by atoms with E-state index in [0.717, 1.165) is 43.1 Å². The highest BCUT2D eigenvalue weighted by atomic mass is 19.1. The predicted molar refractivity (Wildman–Crippen MR) is 96.1 cm³/mol. The summed E-state index contributed by atoms with van der Waals surface area (Å²) in [5, 5.41) is 4.41. The van der Waals surface area contributed by atoms with Crippen LogP contribution in [-0.4, -0.2) is 35.5 Å². The fraction of sp³-hybridized carbons (Fsp3) is 0.579. The van der Waals surface area contributed by atoms with Crippen molar-refractivity contribution in [1.29, 1.82) is 0 Å². The first-order chi connectivity index (χ1) is 12.0. The third-order valence-electron chi connectivity index (χ3n) is 5.09. The van der Waals surface area contributed by atoms with Crippen molar-refractivity contribution in [2.24, 2.45) is 5.92 Å². The zero-order valence-corrected chi connectivity index (χ0v) is 15.2. The highest BCUT2D eigenvalue weighted by Gasteiger charge is 2.26. The van der Waals surface area contributed by atoms with Crippen molar-refractivity contribution >= 4 is 5.69 Å². The number of nitrogens with zero attached hydrogens (tertiary/aromatic N) is 4. The zero-order chi connectivity index (χ0) is 18.0.